The van der Waals surface area contributed by atoms with Gasteiger partial charge in [0, 0.05) is 10.4 Å². The van der Waals surface area contributed by atoms with Crippen LogP contribution in [0, 0.1) is 5.92 Å². The predicted octanol–water partition coefficient (Wildman–Crippen LogP) is 2.76. The lowest BCUT2D eigenvalue weighted by Gasteiger charge is -2.19. The van der Waals surface area contributed by atoms with Crippen molar-refractivity contribution in [2.45, 2.75) is 42.8 Å². The normalized spacial score (nSPS) is 30.4. The molecule has 0 spiro atoms. The van der Waals surface area contributed by atoms with Gasteiger partial charge in [-0.15, -0.1) is 0 Å². The third-order valence-electron chi connectivity index (χ3n) is 3.71. The SMILES string of the molecule is CC[C@H]1O[C@@H](S(=O)(=O)c2ccc(Br)cc2)[C@@H](C)C1O[PH](=O)O. The maximum Gasteiger partial charge on any atom is 0.316 e. The van der Waals surface area contributed by atoms with Crippen molar-refractivity contribution >= 4 is 34.0 Å². The first kappa shape index (κ1) is 18.1. The zero-order valence-corrected chi connectivity index (χ0v) is 15.5. The fourth-order valence-corrected chi connectivity index (χ4v) is 5.27. The van der Waals surface area contributed by atoms with E-state index < -0.39 is 41.7 Å². The Morgan fingerprint density at radius 1 is 1.36 bits per heavy atom. The molecule has 5 atom stereocenters. The minimum absolute atomic E-state index is 0.153. The van der Waals surface area contributed by atoms with Crippen molar-refractivity contribution in [2.75, 3.05) is 0 Å². The minimum Gasteiger partial charge on any atom is -0.356 e. The first-order chi connectivity index (χ1) is 10.3. The lowest BCUT2D eigenvalue weighted by molar-refractivity contribution is 0.0382. The Kier molecular flexibility index (Phi) is 5.85. The molecule has 0 bridgehead atoms. The van der Waals surface area contributed by atoms with E-state index in [-0.39, 0.29) is 4.90 Å². The zero-order chi connectivity index (χ0) is 16.5. The fraction of sp³-hybridized carbons (Fsp3) is 0.538. The third kappa shape index (κ3) is 3.63. The Balaban J connectivity index is 2.31. The fourth-order valence-electron chi connectivity index (χ4n) is 2.61. The van der Waals surface area contributed by atoms with Crippen LogP contribution in [-0.2, 0) is 23.7 Å². The molecule has 1 aliphatic rings. The second kappa shape index (κ2) is 7.11. The number of halogens is 1. The summed E-state index contributed by atoms with van der Waals surface area (Å²) in [6.07, 6.45) is -0.737. The summed E-state index contributed by atoms with van der Waals surface area (Å²) in [6, 6.07) is 6.29. The molecule has 1 aromatic rings. The van der Waals surface area contributed by atoms with E-state index in [4.69, 9.17) is 14.2 Å². The first-order valence-electron chi connectivity index (χ1n) is 6.82. The average Bonchev–Trinajstić information content (AvgIpc) is 2.76. The molecule has 1 fully saturated rings. The number of sulfone groups is 1. The molecule has 2 unspecified atom stereocenters. The van der Waals surface area contributed by atoms with Gasteiger partial charge >= 0.3 is 8.25 Å². The quantitative estimate of drug-likeness (QED) is 0.747. The molecule has 2 rings (SSSR count). The van der Waals surface area contributed by atoms with E-state index in [1.165, 1.54) is 12.1 Å². The van der Waals surface area contributed by atoms with Crippen LogP contribution < -0.4 is 0 Å². The summed E-state index contributed by atoms with van der Waals surface area (Å²) < 4.78 is 47.8. The minimum atomic E-state index is -3.71. The van der Waals surface area contributed by atoms with Gasteiger partial charge in [-0.2, -0.15) is 0 Å². The van der Waals surface area contributed by atoms with Crippen LogP contribution in [0.15, 0.2) is 33.6 Å². The number of benzene rings is 1. The average molecular weight is 413 g/mol. The molecule has 0 saturated carbocycles. The molecule has 0 amide bonds. The third-order valence-corrected chi connectivity index (χ3v) is 6.79. The molecule has 1 aliphatic heterocycles. The maximum absolute atomic E-state index is 12.7. The highest BCUT2D eigenvalue weighted by Crippen LogP contribution is 2.39. The highest BCUT2D eigenvalue weighted by Gasteiger charge is 2.49. The van der Waals surface area contributed by atoms with E-state index in [1.807, 2.05) is 6.92 Å². The molecule has 1 saturated heterocycles. The zero-order valence-electron chi connectivity index (χ0n) is 12.1. The number of hydrogen-bond donors (Lipinski definition) is 1. The highest BCUT2D eigenvalue weighted by atomic mass is 79.9. The monoisotopic (exact) mass is 412 g/mol. The van der Waals surface area contributed by atoms with Crippen molar-refractivity contribution in [3.05, 3.63) is 28.7 Å². The summed E-state index contributed by atoms with van der Waals surface area (Å²) in [6.45, 7) is 3.48. The van der Waals surface area contributed by atoms with Crippen LogP contribution in [0.5, 0.6) is 0 Å². The lowest BCUT2D eigenvalue weighted by Crippen LogP contribution is -2.30. The molecule has 0 aromatic heterocycles. The van der Waals surface area contributed by atoms with E-state index in [2.05, 4.69) is 15.9 Å². The van der Waals surface area contributed by atoms with Crippen molar-refractivity contribution in [1.29, 1.82) is 0 Å². The van der Waals surface area contributed by atoms with Gasteiger partial charge in [-0.05, 0) is 30.7 Å². The first-order valence-corrected chi connectivity index (χ1v) is 10.4. The van der Waals surface area contributed by atoms with E-state index in [0.717, 1.165) is 4.47 Å². The number of hydrogen-bond acceptors (Lipinski definition) is 5. The molecule has 0 radical (unpaired) electrons. The Morgan fingerprint density at radius 3 is 2.45 bits per heavy atom. The lowest BCUT2D eigenvalue weighted by atomic mass is 10.0. The Labute approximate surface area is 138 Å². The molecule has 1 aromatic carbocycles. The van der Waals surface area contributed by atoms with Crippen LogP contribution in [0.25, 0.3) is 0 Å². The molecule has 0 aliphatic carbocycles. The van der Waals surface area contributed by atoms with Crippen molar-refractivity contribution in [2.24, 2.45) is 5.92 Å². The van der Waals surface area contributed by atoms with Gasteiger partial charge in [0.25, 0.3) is 0 Å². The van der Waals surface area contributed by atoms with Gasteiger partial charge in [-0.25, -0.2) is 8.42 Å². The van der Waals surface area contributed by atoms with Gasteiger partial charge in [0.1, 0.15) is 0 Å². The van der Waals surface area contributed by atoms with Crippen molar-refractivity contribution in [3.8, 4) is 0 Å². The van der Waals surface area contributed by atoms with Gasteiger partial charge < -0.3 is 14.2 Å². The van der Waals surface area contributed by atoms with Gasteiger partial charge in [0.15, 0.2) is 5.44 Å². The van der Waals surface area contributed by atoms with Crippen LogP contribution in [0.1, 0.15) is 20.3 Å². The van der Waals surface area contributed by atoms with Gasteiger partial charge in [-0.1, -0.05) is 29.8 Å². The van der Waals surface area contributed by atoms with E-state index in [0.29, 0.717) is 6.42 Å². The summed E-state index contributed by atoms with van der Waals surface area (Å²) in [5.41, 5.74) is -1.09. The van der Waals surface area contributed by atoms with Crippen LogP contribution >= 0.6 is 24.2 Å². The molecule has 9 heteroatoms. The largest absolute Gasteiger partial charge is 0.356 e. The molecule has 124 valence electrons. The Hall–Kier alpha value is -0.240. The standard InChI is InChI=1S/C13H18BrO6PS/c1-3-11-12(20-21(15)16)8(2)13(19-11)22(17,18)10-6-4-9(14)5-7-10/h4-8,11-13,21H,3H2,1-2H3,(H,15,16)/t8-,11+,12?,13-/m0/s1. The van der Waals surface area contributed by atoms with E-state index in [9.17, 15) is 13.0 Å². The Bertz CT molecular complexity index is 647. The van der Waals surface area contributed by atoms with Crippen LogP contribution in [-0.4, -0.2) is 31.0 Å². The molecule has 6 nitrogen and oxygen atoms in total. The smallest absolute Gasteiger partial charge is 0.316 e. The summed E-state index contributed by atoms with van der Waals surface area (Å²) in [7, 11) is -6.87. The second-order valence-corrected chi connectivity index (χ2v) is 8.87. The molecule has 22 heavy (non-hydrogen) atoms. The second-order valence-electron chi connectivity index (χ2n) is 5.16. The molecular weight excluding hydrogens is 395 g/mol. The van der Waals surface area contributed by atoms with Gasteiger partial charge in [0.05, 0.1) is 17.1 Å². The van der Waals surface area contributed by atoms with Gasteiger partial charge in [0.2, 0.25) is 9.84 Å². The van der Waals surface area contributed by atoms with Crippen LogP contribution in [0.4, 0.5) is 0 Å². The molecule has 1 heterocycles. The number of ether oxygens (including phenoxy) is 1. The predicted molar refractivity (Wildman–Crippen MR) is 85.5 cm³/mol. The summed E-state index contributed by atoms with van der Waals surface area (Å²) in [5, 5.41) is 0. The van der Waals surface area contributed by atoms with Crippen LogP contribution in [0.3, 0.4) is 0 Å². The highest BCUT2D eigenvalue weighted by molar-refractivity contribution is 9.10. The number of rotatable bonds is 5. The van der Waals surface area contributed by atoms with Crippen molar-refractivity contribution < 1.29 is 27.1 Å². The van der Waals surface area contributed by atoms with Crippen LogP contribution in [0.2, 0.25) is 0 Å². The molecular formula is C13H18BrO6PS. The van der Waals surface area contributed by atoms with E-state index in [1.54, 1.807) is 19.1 Å². The summed E-state index contributed by atoms with van der Waals surface area (Å²) in [4.78, 5) is 9.15. The van der Waals surface area contributed by atoms with Crippen molar-refractivity contribution in [1.82, 2.24) is 0 Å². The molecule has 1 N–H and O–H groups in total. The Morgan fingerprint density at radius 2 is 1.95 bits per heavy atom. The van der Waals surface area contributed by atoms with Crippen molar-refractivity contribution in [3.63, 3.8) is 0 Å². The maximum atomic E-state index is 12.7. The summed E-state index contributed by atoms with van der Waals surface area (Å²) in [5.74, 6) is -0.542. The summed E-state index contributed by atoms with van der Waals surface area (Å²) >= 11 is 3.26. The van der Waals surface area contributed by atoms with E-state index >= 15 is 0 Å². The topological polar surface area (TPSA) is 89.9 Å². The van der Waals surface area contributed by atoms with Gasteiger partial charge in [-0.3, -0.25) is 4.57 Å².